The van der Waals surface area contributed by atoms with Crippen LogP contribution in [0.3, 0.4) is 0 Å². The Hall–Kier alpha value is -1.22. The van der Waals surface area contributed by atoms with Crippen molar-refractivity contribution < 1.29 is 9.53 Å². The molecule has 0 saturated heterocycles. The molecule has 1 atom stereocenters. The summed E-state index contributed by atoms with van der Waals surface area (Å²) in [5, 5.41) is 3.55. The molecule has 0 aliphatic carbocycles. The predicted octanol–water partition coefficient (Wildman–Crippen LogP) is 3.72. The highest BCUT2D eigenvalue weighted by Gasteiger charge is 2.14. The molecule has 1 amide bonds. The Morgan fingerprint density at radius 1 is 1.42 bits per heavy atom. The van der Waals surface area contributed by atoms with Gasteiger partial charge >= 0.3 is 0 Å². The summed E-state index contributed by atoms with van der Waals surface area (Å²) in [7, 11) is 0. The van der Waals surface area contributed by atoms with Crippen molar-refractivity contribution in [3.8, 4) is 5.75 Å². The van der Waals surface area contributed by atoms with Crippen molar-refractivity contribution >= 4 is 17.5 Å². The Bertz CT molecular complexity index is 421. The van der Waals surface area contributed by atoms with Crippen LogP contribution in [0.5, 0.6) is 5.75 Å². The molecule has 0 saturated carbocycles. The van der Waals surface area contributed by atoms with Gasteiger partial charge in [-0.1, -0.05) is 31.4 Å². The molecule has 0 heterocycles. The highest BCUT2D eigenvalue weighted by atomic mass is 35.5. The Labute approximate surface area is 120 Å². The minimum absolute atomic E-state index is 0.0783. The van der Waals surface area contributed by atoms with E-state index in [0.717, 1.165) is 24.8 Å². The highest BCUT2D eigenvalue weighted by molar-refractivity contribution is 6.30. The average molecular weight is 284 g/mol. The molecule has 106 valence electrons. The molecule has 0 aliphatic heterocycles. The summed E-state index contributed by atoms with van der Waals surface area (Å²) >= 11 is 5.88. The topological polar surface area (TPSA) is 38.3 Å². The molecule has 0 spiro atoms. The van der Waals surface area contributed by atoms with Crippen molar-refractivity contribution in [1.82, 2.24) is 5.32 Å². The van der Waals surface area contributed by atoms with Crippen LogP contribution in [0.25, 0.3) is 0 Å². The maximum atomic E-state index is 11.8. The Morgan fingerprint density at radius 2 is 2.16 bits per heavy atom. The molecular formula is C15H22ClNO2. The summed E-state index contributed by atoms with van der Waals surface area (Å²) in [4.78, 5) is 11.8. The lowest BCUT2D eigenvalue weighted by atomic mass is 10.2. The molecule has 0 unspecified atom stereocenters. The summed E-state index contributed by atoms with van der Waals surface area (Å²) in [6, 6.07) is 5.37. The number of hydrogen-bond donors (Lipinski definition) is 1. The van der Waals surface area contributed by atoms with Crippen LogP contribution in [0.4, 0.5) is 0 Å². The first-order valence-corrected chi connectivity index (χ1v) is 7.13. The number of aryl methyl sites for hydroxylation is 1. The molecule has 0 aliphatic rings. The van der Waals surface area contributed by atoms with Crippen molar-refractivity contribution in [3.63, 3.8) is 0 Å². The van der Waals surface area contributed by atoms with E-state index in [1.54, 1.807) is 19.1 Å². The fourth-order valence-electron chi connectivity index (χ4n) is 1.72. The summed E-state index contributed by atoms with van der Waals surface area (Å²) in [5.41, 5.74) is 0.929. The molecule has 3 nitrogen and oxygen atoms in total. The number of amides is 1. The van der Waals surface area contributed by atoms with E-state index < -0.39 is 6.10 Å². The summed E-state index contributed by atoms with van der Waals surface area (Å²) in [5.74, 6) is 0.617. The van der Waals surface area contributed by atoms with Crippen molar-refractivity contribution in [2.45, 2.75) is 46.1 Å². The van der Waals surface area contributed by atoms with Crippen molar-refractivity contribution in [2.75, 3.05) is 6.54 Å². The van der Waals surface area contributed by atoms with Gasteiger partial charge in [-0.3, -0.25) is 4.79 Å². The van der Waals surface area contributed by atoms with Crippen LogP contribution in [0.1, 0.15) is 38.7 Å². The molecular weight excluding hydrogens is 262 g/mol. The van der Waals surface area contributed by atoms with Crippen LogP contribution < -0.4 is 10.1 Å². The van der Waals surface area contributed by atoms with Gasteiger partial charge in [-0.25, -0.2) is 0 Å². The highest BCUT2D eigenvalue weighted by Crippen LogP contribution is 2.22. The lowest BCUT2D eigenvalue weighted by Gasteiger charge is -2.16. The fraction of sp³-hybridized carbons (Fsp3) is 0.533. The largest absolute Gasteiger partial charge is 0.481 e. The van der Waals surface area contributed by atoms with Gasteiger partial charge in [-0.15, -0.1) is 0 Å². The van der Waals surface area contributed by atoms with Gasteiger partial charge in [0.1, 0.15) is 5.75 Å². The number of nitrogens with one attached hydrogen (secondary N) is 1. The van der Waals surface area contributed by atoms with Gasteiger partial charge in [0, 0.05) is 11.6 Å². The van der Waals surface area contributed by atoms with E-state index in [-0.39, 0.29) is 5.91 Å². The fourth-order valence-corrected chi connectivity index (χ4v) is 1.95. The minimum Gasteiger partial charge on any atom is -0.481 e. The second kappa shape index (κ2) is 8.05. The minimum atomic E-state index is -0.499. The third-order valence-corrected chi connectivity index (χ3v) is 3.12. The third kappa shape index (κ3) is 5.52. The standard InChI is InChI=1S/C15H22ClNO2/c1-4-5-6-9-17-15(18)12(3)19-14-8-7-13(16)10-11(14)2/h7-8,10,12H,4-6,9H2,1-3H3,(H,17,18)/t12-/m0/s1. The number of benzene rings is 1. The number of unbranched alkanes of at least 4 members (excludes halogenated alkanes) is 2. The van der Waals surface area contributed by atoms with Crippen LogP contribution >= 0.6 is 11.6 Å². The van der Waals surface area contributed by atoms with Crippen LogP contribution in [-0.4, -0.2) is 18.6 Å². The van der Waals surface area contributed by atoms with Crippen LogP contribution in [-0.2, 0) is 4.79 Å². The van der Waals surface area contributed by atoms with Gasteiger partial charge in [-0.05, 0) is 44.0 Å². The second-order valence-electron chi connectivity index (χ2n) is 4.67. The molecule has 0 aromatic heterocycles. The lowest BCUT2D eigenvalue weighted by molar-refractivity contribution is -0.127. The smallest absolute Gasteiger partial charge is 0.260 e. The van der Waals surface area contributed by atoms with Crippen LogP contribution in [0, 0.1) is 6.92 Å². The number of hydrogen-bond acceptors (Lipinski definition) is 2. The van der Waals surface area contributed by atoms with Crippen LogP contribution in [0.15, 0.2) is 18.2 Å². The SMILES string of the molecule is CCCCCNC(=O)[C@H](C)Oc1ccc(Cl)cc1C. The second-order valence-corrected chi connectivity index (χ2v) is 5.10. The molecule has 1 N–H and O–H groups in total. The zero-order chi connectivity index (χ0) is 14.3. The van der Waals surface area contributed by atoms with E-state index in [9.17, 15) is 4.79 Å². The van der Waals surface area contributed by atoms with E-state index in [4.69, 9.17) is 16.3 Å². The number of halogens is 1. The van der Waals surface area contributed by atoms with Gasteiger partial charge in [0.15, 0.2) is 6.10 Å². The molecule has 1 aromatic carbocycles. The van der Waals surface area contributed by atoms with Crippen molar-refractivity contribution in [3.05, 3.63) is 28.8 Å². The zero-order valence-electron chi connectivity index (χ0n) is 11.8. The number of ether oxygens (including phenoxy) is 1. The molecule has 4 heteroatoms. The van der Waals surface area contributed by atoms with Crippen molar-refractivity contribution in [2.24, 2.45) is 0 Å². The number of carbonyl (C=O) groups is 1. The Kier molecular flexibility index (Phi) is 6.71. The van der Waals surface area contributed by atoms with Gasteiger partial charge in [0.25, 0.3) is 5.91 Å². The third-order valence-electron chi connectivity index (χ3n) is 2.89. The van der Waals surface area contributed by atoms with E-state index in [1.165, 1.54) is 0 Å². The van der Waals surface area contributed by atoms with E-state index in [2.05, 4.69) is 12.2 Å². The lowest BCUT2D eigenvalue weighted by Crippen LogP contribution is -2.36. The molecule has 0 radical (unpaired) electrons. The van der Waals surface area contributed by atoms with E-state index in [1.807, 2.05) is 13.0 Å². The molecule has 0 fully saturated rings. The van der Waals surface area contributed by atoms with Crippen LogP contribution in [0.2, 0.25) is 5.02 Å². The predicted molar refractivity (Wildman–Crippen MR) is 78.8 cm³/mol. The Morgan fingerprint density at radius 3 is 2.79 bits per heavy atom. The molecule has 1 rings (SSSR count). The normalized spacial score (nSPS) is 12.0. The summed E-state index contributed by atoms with van der Waals surface area (Å²) in [6.45, 7) is 6.51. The molecule has 19 heavy (non-hydrogen) atoms. The maximum Gasteiger partial charge on any atom is 0.260 e. The molecule has 0 bridgehead atoms. The first kappa shape index (κ1) is 15.8. The number of carbonyl (C=O) groups excluding carboxylic acids is 1. The first-order valence-electron chi connectivity index (χ1n) is 6.75. The average Bonchev–Trinajstić information content (AvgIpc) is 2.37. The van der Waals surface area contributed by atoms with E-state index in [0.29, 0.717) is 17.3 Å². The summed E-state index contributed by atoms with van der Waals surface area (Å²) < 4.78 is 5.65. The van der Waals surface area contributed by atoms with Gasteiger partial charge < -0.3 is 10.1 Å². The van der Waals surface area contributed by atoms with Gasteiger partial charge in [0.2, 0.25) is 0 Å². The first-order chi connectivity index (χ1) is 9.04. The van der Waals surface area contributed by atoms with Gasteiger partial charge in [0.05, 0.1) is 0 Å². The quantitative estimate of drug-likeness (QED) is 0.775. The maximum absolute atomic E-state index is 11.8. The van der Waals surface area contributed by atoms with E-state index >= 15 is 0 Å². The van der Waals surface area contributed by atoms with Gasteiger partial charge in [-0.2, -0.15) is 0 Å². The zero-order valence-corrected chi connectivity index (χ0v) is 12.6. The Balaban J connectivity index is 2.45. The monoisotopic (exact) mass is 283 g/mol. The van der Waals surface area contributed by atoms with Crippen molar-refractivity contribution in [1.29, 1.82) is 0 Å². The number of rotatable bonds is 7. The molecule has 1 aromatic rings. The summed E-state index contributed by atoms with van der Waals surface area (Å²) in [6.07, 6.45) is 2.79.